The molecule has 2 saturated heterocycles. The van der Waals surface area contributed by atoms with Crippen LogP contribution in [0.5, 0.6) is 0 Å². The fourth-order valence-corrected chi connectivity index (χ4v) is 6.75. The van der Waals surface area contributed by atoms with Gasteiger partial charge in [0.05, 0.1) is 34.0 Å². The second-order valence-electron chi connectivity index (χ2n) is 12.7. The SMILES string of the molecule is O=C1CCC(N2Cc3cc(C#CC4CN(C(=O)c5cnn(C6(C(=O)Nc7ccc(C(F)(F)F)cc7Cl)CCC6)c5)C4)ccc3C2=O)C(=O)N1. The number of imide groups is 1. The number of amides is 5. The van der Waals surface area contributed by atoms with Crippen LogP contribution in [0.3, 0.4) is 0 Å². The number of nitrogens with zero attached hydrogens (tertiary/aromatic N) is 4. The van der Waals surface area contributed by atoms with Crippen LogP contribution in [-0.2, 0) is 32.6 Å². The molecule has 1 saturated carbocycles. The Kier molecular flexibility index (Phi) is 7.98. The van der Waals surface area contributed by atoms with Gasteiger partial charge in [-0.25, -0.2) is 0 Å². The van der Waals surface area contributed by atoms with Crippen LogP contribution in [0.15, 0.2) is 48.8 Å². The monoisotopic (exact) mass is 692 g/mol. The van der Waals surface area contributed by atoms with E-state index in [-0.39, 0.29) is 53.7 Å². The van der Waals surface area contributed by atoms with E-state index < -0.39 is 35.1 Å². The number of carbonyl (C=O) groups is 5. The number of hydrogen-bond donors (Lipinski definition) is 2. The molecule has 3 aromatic rings. The summed E-state index contributed by atoms with van der Waals surface area (Å²) in [5.74, 6) is 4.39. The van der Waals surface area contributed by atoms with Gasteiger partial charge in [0, 0.05) is 43.4 Å². The predicted octanol–water partition coefficient (Wildman–Crippen LogP) is 3.96. The van der Waals surface area contributed by atoms with Gasteiger partial charge < -0.3 is 15.1 Å². The Morgan fingerprint density at radius 1 is 1.08 bits per heavy atom. The normalized spacial score (nSPS) is 20.1. The Morgan fingerprint density at radius 2 is 1.86 bits per heavy atom. The molecule has 11 nitrogen and oxygen atoms in total. The summed E-state index contributed by atoms with van der Waals surface area (Å²) in [4.78, 5) is 66.4. The molecule has 49 heavy (non-hydrogen) atoms. The Labute approximate surface area is 282 Å². The third-order valence-corrected chi connectivity index (χ3v) is 9.84. The number of nitrogens with one attached hydrogen (secondary N) is 2. The number of hydrogen-bond acceptors (Lipinski definition) is 6. The van der Waals surface area contributed by atoms with Crippen molar-refractivity contribution in [2.45, 2.75) is 56.4 Å². The molecule has 4 heterocycles. The molecule has 2 aromatic carbocycles. The molecule has 1 aromatic heterocycles. The van der Waals surface area contributed by atoms with Crippen LogP contribution < -0.4 is 10.6 Å². The van der Waals surface area contributed by atoms with Crippen molar-refractivity contribution < 1.29 is 37.1 Å². The summed E-state index contributed by atoms with van der Waals surface area (Å²) in [6.45, 7) is 1.03. The maximum Gasteiger partial charge on any atom is 0.416 e. The number of rotatable bonds is 5. The fraction of sp³-hybridized carbons (Fsp3) is 0.353. The molecule has 15 heteroatoms. The standard InChI is InChI=1S/C34H28ClF3N6O5/c35-25-13-23(34(36,37)38)5-7-26(25)40-32(49)33(10-1-11-33)44-18-22(14-39-44)30(47)42-15-20(16-42)3-2-19-4-6-24-21(12-19)17-43(31(24)48)27-8-9-28(45)41-29(27)46/h4-7,12-14,18,20,27H,1,8-11,15-17H2,(H,40,49)(H,41,45,46). The Morgan fingerprint density at radius 3 is 2.53 bits per heavy atom. The van der Waals surface area contributed by atoms with Crippen LogP contribution in [0.2, 0.25) is 5.02 Å². The van der Waals surface area contributed by atoms with Crippen LogP contribution in [-0.4, -0.2) is 68.2 Å². The molecule has 2 N–H and O–H groups in total. The molecule has 1 unspecified atom stereocenters. The number of anilines is 1. The Hall–Kier alpha value is -5.16. The number of benzene rings is 2. The lowest BCUT2D eigenvalue weighted by Crippen LogP contribution is -2.52. The smallest absolute Gasteiger partial charge is 0.336 e. The van der Waals surface area contributed by atoms with Crippen molar-refractivity contribution in [3.8, 4) is 11.8 Å². The molecule has 3 fully saturated rings. The molecule has 1 atom stereocenters. The van der Waals surface area contributed by atoms with Gasteiger partial charge >= 0.3 is 6.18 Å². The maximum atomic E-state index is 13.3. The summed E-state index contributed by atoms with van der Waals surface area (Å²) >= 11 is 6.04. The third kappa shape index (κ3) is 5.92. The largest absolute Gasteiger partial charge is 0.416 e. The summed E-state index contributed by atoms with van der Waals surface area (Å²) < 4.78 is 40.5. The van der Waals surface area contributed by atoms with Crippen LogP contribution in [0.4, 0.5) is 18.9 Å². The van der Waals surface area contributed by atoms with Crippen molar-refractivity contribution in [3.05, 3.63) is 81.6 Å². The number of fused-ring (bicyclic) bond motifs is 1. The van der Waals surface area contributed by atoms with Gasteiger partial charge in [0.15, 0.2) is 0 Å². The van der Waals surface area contributed by atoms with E-state index in [1.807, 2.05) is 6.07 Å². The zero-order chi connectivity index (χ0) is 34.7. The summed E-state index contributed by atoms with van der Waals surface area (Å²) in [6.07, 6.45) is 0.382. The number of likely N-dealkylation sites (tertiary alicyclic amines) is 1. The van der Waals surface area contributed by atoms with Gasteiger partial charge in [0.2, 0.25) is 11.8 Å². The molecule has 0 bridgehead atoms. The predicted molar refractivity (Wildman–Crippen MR) is 168 cm³/mol. The van der Waals surface area contributed by atoms with Crippen molar-refractivity contribution in [1.82, 2.24) is 24.9 Å². The van der Waals surface area contributed by atoms with E-state index >= 15 is 0 Å². The van der Waals surface area contributed by atoms with Gasteiger partial charge in [-0.3, -0.25) is 34.0 Å². The van der Waals surface area contributed by atoms with Crippen LogP contribution >= 0.6 is 11.6 Å². The molecule has 1 aliphatic carbocycles. The van der Waals surface area contributed by atoms with E-state index in [1.54, 1.807) is 17.0 Å². The zero-order valence-corrected chi connectivity index (χ0v) is 26.5. The highest BCUT2D eigenvalue weighted by Gasteiger charge is 2.47. The summed E-state index contributed by atoms with van der Waals surface area (Å²) in [6, 6.07) is 7.27. The molecular weight excluding hydrogens is 665 g/mol. The van der Waals surface area contributed by atoms with E-state index in [0.29, 0.717) is 42.6 Å². The number of aromatic nitrogens is 2. The highest BCUT2D eigenvalue weighted by atomic mass is 35.5. The minimum atomic E-state index is -4.57. The lowest BCUT2D eigenvalue weighted by molar-refractivity contribution is -0.138. The summed E-state index contributed by atoms with van der Waals surface area (Å²) in [5.41, 5.74) is 0.262. The van der Waals surface area contributed by atoms with Gasteiger partial charge in [-0.1, -0.05) is 23.4 Å². The average molecular weight is 693 g/mol. The minimum absolute atomic E-state index is 0.0460. The fourth-order valence-electron chi connectivity index (χ4n) is 6.53. The minimum Gasteiger partial charge on any atom is -0.336 e. The second kappa shape index (κ2) is 12.1. The van der Waals surface area contributed by atoms with Gasteiger partial charge in [0.25, 0.3) is 17.7 Å². The van der Waals surface area contributed by atoms with E-state index in [2.05, 4.69) is 27.6 Å². The van der Waals surface area contributed by atoms with E-state index in [0.717, 1.165) is 30.2 Å². The molecule has 5 amide bonds. The number of piperidine rings is 1. The number of alkyl halides is 3. The van der Waals surface area contributed by atoms with Crippen molar-refractivity contribution in [1.29, 1.82) is 0 Å². The van der Waals surface area contributed by atoms with E-state index in [1.165, 1.54) is 22.0 Å². The topological polar surface area (TPSA) is 134 Å². The van der Waals surface area contributed by atoms with Gasteiger partial charge in [-0.2, -0.15) is 18.3 Å². The second-order valence-corrected chi connectivity index (χ2v) is 13.1. The molecule has 4 aliphatic rings. The van der Waals surface area contributed by atoms with Gasteiger partial charge in [-0.05, 0) is 67.6 Å². The lowest BCUT2D eigenvalue weighted by atomic mass is 9.76. The van der Waals surface area contributed by atoms with Gasteiger partial charge in [0.1, 0.15) is 11.6 Å². The lowest BCUT2D eigenvalue weighted by Gasteiger charge is -2.40. The third-order valence-electron chi connectivity index (χ3n) is 9.53. The van der Waals surface area contributed by atoms with Crippen molar-refractivity contribution in [3.63, 3.8) is 0 Å². The zero-order valence-electron chi connectivity index (χ0n) is 25.8. The van der Waals surface area contributed by atoms with Crippen molar-refractivity contribution >= 4 is 46.8 Å². The van der Waals surface area contributed by atoms with Crippen molar-refractivity contribution in [2.24, 2.45) is 5.92 Å². The first kappa shape index (κ1) is 32.4. The first-order valence-corrected chi connectivity index (χ1v) is 16.0. The number of carbonyl (C=O) groups excluding carboxylic acids is 5. The van der Waals surface area contributed by atoms with E-state index in [9.17, 15) is 37.1 Å². The number of halogens is 4. The molecule has 7 rings (SSSR count). The highest BCUT2D eigenvalue weighted by Crippen LogP contribution is 2.41. The quantitative estimate of drug-likeness (QED) is 0.307. The first-order valence-electron chi connectivity index (χ1n) is 15.6. The van der Waals surface area contributed by atoms with Crippen molar-refractivity contribution in [2.75, 3.05) is 18.4 Å². The summed E-state index contributed by atoms with van der Waals surface area (Å²) in [7, 11) is 0. The van der Waals surface area contributed by atoms with Crippen LogP contribution in [0, 0.1) is 17.8 Å². The molecule has 0 spiro atoms. The first-order chi connectivity index (χ1) is 23.3. The summed E-state index contributed by atoms with van der Waals surface area (Å²) in [5, 5.41) is 8.98. The molecular formula is C34H28ClF3N6O5. The van der Waals surface area contributed by atoms with Crippen LogP contribution in [0.1, 0.15) is 69.5 Å². The maximum absolute atomic E-state index is 13.3. The highest BCUT2D eigenvalue weighted by molar-refractivity contribution is 6.33. The van der Waals surface area contributed by atoms with E-state index in [4.69, 9.17) is 11.6 Å². The molecule has 3 aliphatic heterocycles. The van der Waals surface area contributed by atoms with Crippen LogP contribution in [0.25, 0.3) is 0 Å². The van der Waals surface area contributed by atoms with Gasteiger partial charge in [-0.15, -0.1) is 0 Å². The average Bonchev–Trinajstić information content (AvgIpc) is 3.61. The molecule has 252 valence electrons. The molecule has 0 radical (unpaired) electrons. The Balaban J connectivity index is 0.958. The Bertz CT molecular complexity index is 1990.